The van der Waals surface area contributed by atoms with Crippen LogP contribution in [0.4, 0.5) is 0 Å². The summed E-state index contributed by atoms with van der Waals surface area (Å²) in [6, 6.07) is 5.20. The van der Waals surface area contributed by atoms with Crippen LogP contribution in [0.15, 0.2) is 27.3 Å². The van der Waals surface area contributed by atoms with Gasteiger partial charge < -0.3 is 9.73 Å². The summed E-state index contributed by atoms with van der Waals surface area (Å²) < 4.78 is 7.51. The molecule has 0 bridgehead atoms. The van der Waals surface area contributed by atoms with E-state index in [4.69, 9.17) is 4.42 Å². The van der Waals surface area contributed by atoms with Crippen molar-refractivity contribution in [2.24, 2.45) is 0 Å². The minimum atomic E-state index is -0.310. The molecule has 0 aliphatic heterocycles. The van der Waals surface area contributed by atoms with E-state index in [1.807, 2.05) is 24.3 Å². The molecule has 1 N–H and O–H groups in total. The lowest BCUT2D eigenvalue weighted by Gasteiger charge is -2.05. The second-order valence-electron chi connectivity index (χ2n) is 4.58. The highest BCUT2D eigenvalue weighted by Crippen LogP contribution is 2.14. The lowest BCUT2D eigenvalue weighted by Crippen LogP contribution is -2.23. The number of aryl methyl sites for hydroxylation is 2. The van der Waals surface area contributed by atoms with Crippen LogP contribution in [0.25, 0.3) is 5.78 Å². The average Bonchev–Trinajstić information content (AvgIpc) is 3.02. The SMILES string of the molecule is Cc1cc(C)n2c(CNC(=O)c3ccc(Br)o3)nnc2n1. The van der Waals surface area contributed by atoms with Crippen LogP contribution in [0, 0.1) is 13.8 Å². The van der Waals surface area contributed by atoms with Gasteiger partial charge in [-0.05, 0) is 48.0 Å². The van der Waals surface area contributed by atoms with Crippen molar-refractivity contribution in [1.82, 2.24) is 24.9 Å². The number of nitrogens with zero attached hydrogens (tertiary/aromatic N) is 4. The molecule has 0 radical (unpaired) electrons. The molecule has 0 aliphatic carbocycles. The summed E-state index contributed by atoms with van der Waals surface area (Å²) in [5, 5.41) is 10.8. The first-order chi connectivity index (χ1) is 10.0. The molecule has 3 rings (SSSR count). The van der Waals surface area contributed by atoms with Crippen molar-refractivity contribution in [2.75, 3.05) is 0 Å². The number of nitrogens with one attached hydrogen (secondary N) is 1. The van der Waals surface area contributed by atoms with Crippen LogP contribution in [0.1, 0.15) is 27.8 Å². The maximum atomic E-state index is 11.9. The molecule has 0 spiro atoms. The number of amides is 1. The maximum Gasteiger partial charge on any atom is 0.287 e. The summed E-state index contributed by atoms with van der Waals surface area (Å²) in [6.45, 7) is 4.09. The molecule has 0 atom stereocenters. The highest BCUT2D eigenvalue weighted by molar-refractivity contribution is 9.10. The van der Waals surface area contributed by atoms with Gasteiger partial charge >= 0.3 is 0 Å². The third-order valence-corrected chi connectivity index (χ3v) is 3.39. The Morgan fingerprint density at radius 2 is 2.19 bits per heavy atom. The summed E-state index contributed by atoms with van der Waals surface area (Å²) in [5.74, 6) is 1.07. The Kier molecular flexibility index (Phi) is 3.46. The first-order valence-corrected chi connectivity index (χ1v) is 7.05. The molecule has 0 saturated heterocycles. The molecule has 0 aliphatic rings. The van der Waals surface area contributed by atoms with Gasteiger partial charge in [0.2, 0.25) is 0 Å². The molecule has 0 aromatic carbocycles. The summed E-state index contributed by atoms with van der Waals surface area (Å²) in [7, 11) is 0. The fraction of sp³-hybridized carbons (Fsp3) is 0.231. The minimum absolute atomic E-state index is 0.237. The van der Waals surface area contributed by atoms with Crippen molar-refractivity contribution < 1.29 is 9.21 Å². The zero-order valence-electron chi connectivity index (χ0n) is 11.4. The molecule has 3 heterocycles. The minimum Gasteiger partial charge on any atom is -0.444 e. The molecular weight excluding hydrogens is 338 g/mol. The third kappa shape index (κ3) is 2.66. The highest BCUT2D eigenvalue weighted by Gasteiger charge is 2.13. The molecule has 0 fully saturated rings. The maximum absolute atomic E-state index is 11.9. The van der Waals surface area contributed by atoms with Gasteiger partial charge in [-0.3, -0.25) is 9.20 Å². The standard InChI is InChI=1S/C13H12BrN5O2/c1-7-5-8(2)19-11(17-18-13(19)16-7)6-15-12(20)9-3-4-10(14)21-9/h3-5H,6H2,1-2H3,(H,15,20). The Balaban J connectivity index is 1.81. The van der Waals surface area contributed by atoms with Crippen molar-refractivity contribution in [3.63, 3.8) is 0 Å². The summed E-state index contributed by atoms with van der Waals surface area (Å²) in [6.07, 6.45) is 0. The van der Waals surface area contributed by atoms with Crippen LogP contribution in [0.2, 0.25) is 0 Å². The Morgan fingerprint density at radius 1 is 1.38 bits per heavy atom. The normalized spacial score (nSPS) is 11.0. The van der Waals surface area contributed by atoms with E-state index < -0.39 is 0 Å². The molecule has 21 heavy (non-hydrogen) atoms. The van der Waals surface area contributed by atoms with Crippen LogP contribution in [-0.4, -0.2) is 25.5 Å². The Labute approximate surface area is 128 Å². The molecule has 1 amide bonds. The van der Waals surface area contributed by atoms with Crippen LogP contribution in [0.3, 0.4) is 0 Å². The van der Waals surface area contributed by atoms with Crippen molar-refractivity contribution in [2.45, 2.75) is 20.4 Å². The van der Waals surface area contributed by atoms with E-state index in [0.717, 1.165) is 11.4 Å². The van der Waals surface area contributed by atoms with Gasteiger partial charge in [0.1, 0.15) is 0 Å². The Morgan fingerprint density at radius 3 is 2.90 bits per heavy atom. The van der Waals surface area contributed by atoms with E-state index in [1.54, 1.807) is 12.1 Å². The monoisotopic (exact) mass is 349 g/mol. The van der Waals surface area contributed by atoms with Gasteiger partial charge in [0, 0.05) is 11.4 Å². The first kappa shape index (κ1) is 13.7. The second kappa shape index (κ2) is 5.28. The van der Waals surface area contributed by atoms with Crippen LogP contribution >= 0.6 is 15.9 Å². The largest absolute Gasteiger partial charge is 0.444 e. The van der Waals surface area contributed by atoms with E-state index in [2.05, 4.69) is 36.4 Å². The summed E-state index contributed by atoms with van der Waals surface area (Å²) in [5.41, 5.74) is 1.84. The summed E-state index contributed by atoms with van der Waals surface area (Å²) in [4.78, 5) is 16.2. The number of rotatable bonds is 3. The lowest BCUT2D eigenvalue weighted by molar-refractivity contribution is 0.0920. The van der Waals surface area contributed by atoms with Crippen LogP contribution < -0.4 is 5.32 Å². The van der Waals surface area contributed by atoms with Gasteiger partial charge in [-0.1, -0.05) is 0 Å². The topological polar surface area (TPSA) is 85.3 Å². The van der Waals surface area contributed by atoms with Crippen LogP contribution in [0.5, 0.6) is 0 Å². The van der Waals surface area contributed by atoms with Gasteiger partial charge in [0.25, 0.3) is 11.7 Å². The molecule has 0 saturated carbocycles. The fourth-order valence-corrected chi connectivity index (χ4v) is 2.40. The van der Waals surface area contributed by atoms with Crippen molar-refractivity contribution in [1.29, 1.82) is 0 Å². The average molecular weight is 350 g/mol. The van der Waals surface area contributed by atoms with E-state index in [-0.39, 0.29) is 18.2 Å². The number of halogens is 1. The van der Waals surface area contributed by atoms with Gasteiger partial charge in [0.05, 0.1) is 6.54 Å². The number of fused-ring (bicyclic) bond motifs is 1. The van der Waals surface area contributed by atoms with Gasteiger partial charge in [-0.15, -0.1) is 10.2 Å². The Hall–Kier alpha value is -2.22. The summed E-state index contributed by atoms with van der Waals surface area (Å²) >= 11 is 3.16. The number of carbonyl (C=O) groups is 1. The quantitative estimate of drug-likeness (QED) is 0.781. The second-order valence-corrected chi connectivity index (χ2v) is 5.36. The van der Waals surface area contributed by atoms with Crippen LogP contribution in [-0.2, 0) is 6.54 Å². The molecule has 8 heteroatoms. The zero-order chi connectivity index (χ0) is 15.0. The zero-order valence-corrected chi connectivity index (χ0v) is 13.0. The predicted octanol–water partition coefficient (Wildman–Crippen LogP) is 2.03. The van der Waals surface area contributed by atoms with E-state index in [1.165, 1.54) is 0 Å². The van der Waals surface area contributed by atoms with Crippen molar-refractivity contribution in [3.8, 4) is 0 Å². The lowest BCUT2D eigenvalue weighted by atomic mass is 10.3. The highest BCUT2D eigenvalue weighted by atomic mass is 79.9. The number of aromatic nitrogens is 4. The number of hydrogen-bond acceptors (Lipinski definition) is 5. The molecule has 3 aromatic rings. The first-order valence-electron chi connectivity index (χ1n) is 6.26. The number of hydrogen-bond donors (Lipinski definition) is 1. The van der Waals surface area contributed by atoms with E-state index in [0.29, 0.717) is 16.3 Å². The number of carbonyl (C=O) groups excluding carboxylic acids is 1. The Bertz CT molecular complexity index is 823. The predicted molar refractivity (Wildman–Crippen MR) is 77.8 cm³/mol. The molecule has 0 unspecified atom stereocenters. The fourth-order valence-electron chi connectivity index (χ4n) is 2.10. The van der Waals surface area contributed by atoms with Gasteiger partial charge in [-0.25, -0.2) is 4.98 Å². The molecule has 108 valence electrons. The molecular formula is C13H12BrN5O2. The third-order valence-electron chi connectivity index (χ3n) is 2.96. The van der Waals surface area contributed by atoms with Gasteiger partial charge in [0.15, 0.2) is 16.3 Å². The van der Waals surface area contributed by atoms with Crippen molar-refractivity contribution >= 4 is 27.6 Å². The van der Waals surface area contributed by atoms with Gasteiger partial charge in [-0.2, -0.15) is 0 Å². The molecule has 7 nitrogen and oxygen atoms in total. The number of furan rings is 1. The van der Waals surface area contributed by atoms with E-state index in [9.17, 15) is 4.79 Å². The van der Waals surface area contributed by atoms with E-state index >= 15 is 0 Å². The van der Waals surface area contributed by atoms with Crippen molar-refractivity contribution in [3.05, 3.63) is 45.8 Å². The smallest absolute Gasteiger partial charge is 0.287 e. The molecule has 3 aromatic heterocycles.